The summed E-state index contributed by atoms with van der Waals surface area (Å²) in [5.74, 6) is 0.761. The van der Waals surface area contributed by atoms with Gasteiger partial charge in [0, 0.05) is 12.6 Å². The van der Waals surface area contributed by atoms with E-state index >= 15 is 0 Å². The molecule has 20 heavy (non-hydrogen) atoms. The Kier molecular flexibility index (Phi) is 3.69. The number of hydrogen-bond donors (Lipinski definition) is 1. The van der Waals surface area contributed by atoms with Gasteiger partial charge in [0.1, 0.15) is 6.33 Å². The molecule has 0 aliphatic carbocycles. The second-order valence-corrected chi connectivity index (χ2v) is 5.31. The average Bonchev–Trinajstić information content (AvgIpc) is 2.87. The minimum Gasteiger partial charge on any atom is -0.260 e. The molecule has 4 nitrogen and oxygen atoms in total. The molecule has 0 bridgehead atoms. The fourth-order valence-corrected chi connectivity index (χ4v) is 2.86. The molecular weight excluding hydrogens is 268 g/mol. The number of rotatable bonds is 4. The molecule has 3 aromatic rings. The van der Waals surface area contributed by atoms with Gasteiger partial charge in [-0.3, -0.25) is 5.43 Å². The quantitative estimate of drug-likeness (QED) is 0.587. The van der Waals surface area contributed by atoms with Crippen LogP contribution >= 0.6 is 11.3 Å². The summed E-state index contributed by atoms with van der Waals surface area (Å²) in [5, 5.41) is 6.32. The van der Waals surface area contributed by atoms with E-state index in [1.807, 2.05) is 31.3 Å². The molecule has 2 heterocycles. The van der Waals surface area contributed by atoms with Crippen LogP contribution in [0.3, 0.4) is 0 Å². The average molecular weight is 282 g/mol. The maximum absolute atomic E-state index is 4.28. The van der Waals surface area contributed by atoms with Crippen molar-refractivity contribution in [3.63, 3.8) is 0 Å². The summed E-state index contributed by atoms with van der Waals surface area (Å²) < 4.78 is 1.04. The number of nitrogens with one attached hydrogen (secondary N) is 1. The van der Waals surface area contributed by atoms with E-state index in [0.717, 1.165) is 22.5 Å². The monoisotopic (exact) mass is 282 g/mol. The molecule has 1 N–H and O–H groups in total. The third-order valence-corrected chi connectivity index (χ3v) is 4.06. The van der Waals surface area contributed by atoms with Gasteiger partial charge in [-0.25, -0.2) is 9.97 Å². The van der Waals surface area contributed by atoms with E-state index in [0.29, 0.717) is 0 Å². The first-order valence-electron chi connectivity index (χ1n) is 6.35. The molecule has 0 radical (unpaired) electrons. The zero-order chi connectivity index (χ0) is 13.8. The number of aryl methyl sites for hydroxylation is 1. The van der Waals surface area contributed by atoms with Crippen LogP contribution in [-0.4, -0.2) is 16.2 Å². The van der Waals surface area contributed by atoms with Gasteiger partial charge in [0.2, 0.25) is 0 Å². The van der Waals surface area contributed by atoms with Crippen LogP contribution in [0, 0.1) is 6.92 Å². The summed E-state index contributed by atoms with van der Waals surface area (Å²) in [5.41, 5.74) is 6.40. The van der Waals surface area contributed by atoms with Crippen LogP contribution in [-0.2, 0) is 6.42 Å². The van der Waals surface area contributed by atoms with Crippen LogP contribution in [0.1, 0.15) is 11.1 Å². The Hall–Kier alpha value is -2.27. The third-order valence-electron chi connectivity index (χ3n) is 2.96. The number of thiophene rings is 1. The van der Waals surface area contributed by atoms with Gasteiger partial charge in [-0.05, 0) is 23.4 Å². The molecule has 1 aromatic carbocycles. The van der Waals surface area contributed by atoms with Gasteiger partial charge in [-0.2, -0.15) is 5.10 Å². The Bertz CT molecular complexity index is 734. The highest BCUT2D eigenvalue weighted by Gasteiger charge is 2.06. The van der Waals surface area contributed by atoms with Gasteiger partial charge >= 0.3 is 0 Å². The first-order chi connectivity index (χ1) is 9.84. The van der Waals surface area contributed by atoms with Crippen molar-refractivity contribution in [1.29, 1.82) is 0 Å². The molecule has 0 aliphatic rings. The van der Waals surface area contributed by atoms with Gasteiger partial charge in [-0.1, -0.05) is 30.3 Å². The fraction of sp³-hybridized carbons (Fsp3) is 0.133. The molecular formula is C15H14N4S. The van der Waals surface area contributed by atoms with E-state index in [1.165, 1.54) is 11.1 Å². The van der Waals surface area contributed by atoms with Crippen molar-refractivity contribution in [2.75, 3.05) is 5.43 Å². The largest absolute Gasteiger partial charge is 0.260 e. The van der Waals surface area contributed by atoms with Gasteiger partial charge in [-0.15, -0.1) is 11.3 Å². The smallest absolute Gasteiger partial charge is 0.167 e. The van der Waals surface area contributed by atoms with Gasteiger partial charge in [0.05, 0.1) is 10.2 Å². The standard InChI is InChI=1S/C15H14N4S/c1-11-9-20-14-13(11)16-10-17-15(14)19-18-8-7-12-5-3-2-4-6-12/h2-6,8-10H,7H2,1H3,(H,16,17,19). The van der Waals surface area contributed by atoms with Crippen LogP contribution in [0.25, 0.3) is 10.2 Å². The molecule has 0 unspecified atom stereocenters. The van der Waals surface area contributed by atoms with E-state index in [-0.39, 0.29) is 0 Å². The van der Waals surface area contributed by atoms with Crippen LogP contribution in [0.2, 0.25) is 0 Å². The second kappa shape index (κ2) is 5.79. The highest BCUT2D eigenvalue weighted by Crippen LogP contribution is 2.28. The molecule has 0 atom stereocenters. The number of hydrazone groups is 1. The Morgan fingerprint density at radius 2 is 2.10 bits per heavy atom. The summed E-state index contributed by atoms with van der Waals surface area (Å²) in [7, 11) is 0. The highest BCUT2D eigenvalue weighted by molar-refractivity contribution is 7.18. The van der Waals surface area contributed by atoms with Crippen LogP contribution in [0.4, 0.5) is 5.82 Å². The van der Waals surface area contributed by atoms with Crippen LogP contribution < -0.4 is 5.43 Å². The normalized spacial score (nSPS) is 11.2. The summed E-state index contributed by atoms with van der Waals surface area (Å²) in [6, 6.07) is 10.2. The number of hydrogen-bond acceptors (Lipinski definition) is 5. The second-order valence-electron chi connectivity index (χ2n) is 4.43. The summed E-state index contributed by atoms with van der Waals surface area (Å²) >= 11 is 1.63. The summed E-state index contributed by atoms with van der Waals surface area (Å²) in [6.45, 7) is 2.05. The molecule has 2 aromatic heterocycles. The Balaban J connectivity index is 1.71. The van der Waals surface area contributed by atoms with Crippen molar-refractivity contribution in [3.05, 3.63) is 53.2 Å². The predicted molar refractivity (Wildman–Crippen MR) is 84.4 cm³/mol. The SMILES string of the molecule is Cc1csc2c(NN=CCc3ccccc3)ncnc12. The highest BCUT2D eigenvalue weighted by atomic mass is 32.1. The van der Waals surface area contributed by atoms with E-state index in [2.05, 4.69) is 38.0 Å². The minimum absolute atomic E-state index is 0.761. The predicted octanol–water partition coefficient (Wildman–Crippen LogP) is 3.64. The molecule has 0 saturated heterocycles. The van der Waals surface area contributed by atoms with Crippen LogP contribution in [0.15, 0.2) is 47.1 Å². The third kappa shape index (κ3) is 2.67. The lowest BCUT2D eigenvalue weighted by atomic mass is 10.2. The number of anilines is 1. The molecule has 5 heteroatoms. The van der Waals surface area contributed by atoms with Gasteiger partial charge < -0.3 is 0 Å². The molecule has 0 amide bonds. The van der Waals surface area contributed by atoms with Crippen molar-refractivity contribution < 1.29 is 0 Å². The first-order valence-corrected chi connectivity index (χ1v) is 7.23. The lowest BCUT2D eigenvalue weighted by molar-refractivity contribution is 1.18. The summed E-state index contributed by atoms with van der Waals surface area (Å²) in [6.07, 6.45) is 4.21. The Morgan fingerprint density at radius 1 is 1.25 bits per heavy atom. The van der Waals surface area contributed by atoms with Crippen molar-refractivity contribution in [2.24, 2.45) is 5.10 Å². The van der Waals surface area contributed by atoms with Crippen molar-refractivity contribution in [1.82, 2.24) is 9.97 Å². The zero-order valence-electron chi connectivity index (χ0n) is 11.1. The molecule has 0 spiro atoms. The first kappa shape index (κ1) is 12.7. The van der Waals surface area contributed by atoms with E-state index in [4.69, 9.17) is 0 Å². The van der Waals surface area contributed by atoms with Crippen molar-refractivity contribution in [3.8, 4) is 0 Å². The number of nitrogens with zero attached hydrogens (tertiary/aromatic N) is 3. The Morgan fingerprint density at radius 3 is 2.95 bits per heavy atom. The van der Waals surface area contributed by atoms with E-state index in [9.17, 15) is 0 Å². The zero-order valence-corrected chi connectivity index (χ0v) is 11.9. The summed E-state index contributed by atoms with van der Waals surface area (Å²) in [4.78, 5) is 8.52. The molecule has 0 aliphatic heterocycles. The van der Waals surface area contributed by atoms with Gasteiger partial charge in [0.15, 0.2) is 5.82 Å². The number of aromatic nitrogens is 2. The van der Waals surface area contributed by atoms with E-state index < -0.39 is 0 Å². The maximum Gasteiger partial charge on any atom is 0.167 e. The molecule has 100 valence electrons. The van der Waals surface area contributed by atoms with Crippen molar-refractivity contribution in [2.45, 2.75) is 13.3 Å². The molecule has 3 rings (SSSR count). The molecule has 0 saturated carbocycles. The lowest BCUT2D eigenvalue weighted by Gasteiger charge is -2.00. The number of fused-ring (bicyclic) bond motifs is 1. The lowest BCUT2D eigenvalue weighted by Crippen LogP contribution is -1.95. The van der Waals surface area contributed by atoms with Crippen molar-refractivity contribution >= 4 is 33.6 Å². The maximum atomic E-state index is 4.28. The molecule has 0 fully saturated rings. The number of benzene rings is 1. The fourth-order valence-electron chi connectivity index (χ4n) is 1.92. The minimum atomic E-state index is 0.761. The van der Waals surface area contributed by atoms with Gasteiger partial charge in [0.25, 0.3) is 0 Å². The van der Waals surface area contributed by atoms with E-state index in [1.54, 1.807) is 17.7 Å². The topological polar surface area (TPSA) is 50.2 Å². The Labute approximate surface area is 121 Å². The van der Waals surface area contributed by atoms with Crippen LogP contribution in [0.5, 0.6) is 0 Å².